The predicted octanol–water partition coefficient (Wildman–Crippen LogP) is 3.36. The summed E-state index contributed by atoms with van der Waals surface area (Å²) in [5, 5.41) is 11.5. The number of hydrogen-bond donors (Lipinski definition) is 1. The van der Waals surface area contributed by atoms with Gasteiger partial charge in [0.15, 0.2) is 5.17 Å². The average Bonchev–Trinajstić information content (AvgIpc) is 2.15. The second-order valence-electron chi connectivity index (χ2n) is 4.22. The Balaban J connectivity index is 3.01. The fourth-order valence-electron chi connectivity index (χ4n) is 1.17. The second-order valence-corrected chi connectivity index (χ2v) is 4.58. The highest BCUT2D eigenvalue weighted by molar-refractivity contribution is 6.69. The molecule has 0 aliphatic heterocycles. The molecular weight excluding hydrogens is 198 g/mol. The summed E-state index contributed by atoms with van der Waals surface area (Å²) in [6.07, 6.45) is 0. The standard InChI is InChI=1S/C11H14ClNO/c1-11(2,3)9-6-4-8(5-7-9)10(12)13-14/h4-7,14H,1-3H3. The molecule has 14 heavy (non-hydrogen) atoms. The summed E-state index contributed by atoms with van der Waals surface area (Å²) in [4.78, 5) is 0. The third kappa shape index (κ3) is 2.48. The van der Waals surface area contributed by atoms with Gasteiger partial charge in [0.25, 0.3) is 0 Å². The summed E-state index contributed by atoms with van der Waals surface area (Å²) in [6, 6.07) is 7.68. The van der Waals surface area contributed by atoms with Crippen molar-refractivity contribution >= 4 is 16.8 Å². The predicted molar refractivity (Wildman–Crippen MR) is 59.3 cm³/mol. The van der Waals surface area contributed by atoms with Crippen LogP contribution in [-0.2, 0) is 5.41 Å². The lowest BCUT2D eigenvalue weighted by atomic mass is 9.87. The van der Waals surface area contributed by atoms with Crippen molar-refractivity contribution in [1.82, 2.24) is 0 Å². The SMILES string of the molecule is CC(C)(C)c1ccc(C(Cl)=NO)cc1. The topological polar surface area (TPSA) is 32.6 Å². The zero-order chi connectivity index (χ0) is 10.8. The fraction of sp³-hybridized carbons (Fsp3) is 0.364. The monoisotopic (exact) mass is 211 g/mol. The first-order valence-corrected chi connectivity index (χ1v) is 4.81. The van der Waals surface area contributed by atoms with E-state index in [1.807, 2.05) is 24.3 Å². The zero-order valence-corrected chi connectivity index (χ0v) is 9.34. The number of oxime groups is 1. The Kier molecular flexibility index (Phi) is 3.17. The van der Waals surface area contributed by atoms with Crippen molar-refractivity contribution in [2.75, 3.05) is 0 Å². The molecule has 1 rings (SSSR count). The Morgan fingerprint density at radius 3 is 2.07 bits per heavy atom. The molecule has 3 heteroatoms. The van der Waals surface area contributed by atoms with Crippen LogP contribution < -0.4 is 0 Å². The molecule has 76 valence electrons. The van der Waals surface area contributed by atoms with Gasteiger partial charge in [0.2, 0.25) is 0 Å². The van der Waals surface area contributed by atoms with Crippen LogP contribution in [0.2, 0.25) is 0 Å². The molecule has 0 aromatic heterocycles. The Labute approximate surface area is 89.2 Å². The molecule has 0 spiro atoms. The fourth-order valence-corrected chi connectivity index (χ4v) is 1.29. The van der Waals surface area contributed by atoms with Crippen molar-refractivity contribution < 1.29 is 5.21 Å². The first-order valence-electron chi connectivity index (χ1n) is 4.43. The van der Waals surface area contributed by atoms with Crippen molar-refractivity contribution in [2.45, 2.75) is 26.2 Å². The highest BCUT2D eigenvalue weighted by atomic mass is 35.5. The van der Waals surface area contributed by atoms with Gasteiger partial charge in [0.1, 0.15) is 0 Å². The van der Waals surface area contributed by atoms with Gasteiger partial charge in [-0.05, 0) is 11.0 Å². The molecule has 1 aromatic rings. The summed E-state index contributed by atoms with van der Waals surface area (Å²) in [5.74, 6) is 0. The van der Waals surface area contributed by atoms with Crippen LogP contribution in [0.15, 0.2) is 29.4 Å². The van der Waals surface area contributed by atoms with Crippen LogP contribution in [-0.4, -0.2) is 10.4 Å². The van der Waals surface area contributed by atoms with Crippen molar-refractivity contribution in [3.05, 3.63) is 35.4 Å². The van der Waals surface area contributed by atoms with Gasteiger partial charge in [-0.15, -0.1) is 0 Å². The van der Waals surface area contributed by atoms with Crippen molar-refractivity contribution in [1.29, 1.82) is 0 Å². The summed E-state index contributed by atoms with van der Waals surface area (Å²) in [6.45, 7) is 6.43. The Morgan fingerprint density at radius 1 is 1.21 bits per heavy atom. The molecule has 1 N–H and O–H groups in total. The van der Waals surface area contributed by atoms with Gasteiger partial charge in [-0.2, -0.15) is 0 Å². The molecule has 0 aliphatic rings. The average molecular weight is 212 g/mol. The van der Waals surface area contributed by atoms with Gasteiger partial charge in [0, 0.05) is 5.56 Å². The van der Waals surface area contributed by atoms with E-state index >= 15 is 0 Å². The first kappa shape index (κ1) is 11.1. The molecule has 0 saturated carbocycles. The molecule has 0 radical (unpaired) electrons. The summed E-state index contributed by atoms with van der Waals surface area (Å²) >= 11 is 5.66. The van der Waals surface area contributed by atoms with E-state index in [2.05, 4.69) is 25.9 Å². The lowest BCUT2D eigenvalue weighted by molar-refractivity contribution is 0.321. The Hall–Kier alpha value is -1.02. The van der Waals surface area contributed by atoms with E-state index in [4.69, 9.17) is 16.8 Å². The summed E-state index contributed by atoms with van der Waals surface area (Å²) in [5.41, 5.74) is 2.08. The first-order chi connectivity index (χ1) is 6.45. The normalized spacial score (nSPS) is 13.0. The van der Waals surface area contributed by atoms with Crippen molar-refractivity contribution in [3.8, 4) is 0 Å². The highest BCUT2D eigenvalue weighted by Gasteiger charge is 2.13. The van der Waals surface area contributed by atoms with E-state index in [0.717, 1.165) is 5.56 Å². The number of halogens is 1. The number of hydrogen-bond acceptors (Lipinski definition) is 2. The third-order valence-corrected chi connectivity index (χ3v) is 2.37. The van der Waals surface area contributed by atoms with Gasteiger partial charge < -0.3 is 5.21 Å². The lowest BCUT2D eigenvalue weighted by Crippen LogP contribution is -2.10. The summed E-state index contributed by atoms with van der Waals surface area (Å²) in [7, 11) is 0. The molecule has 0 unspecified atom stereocenters. The van der Waals surface area contributed by atoms with Crippen LogP contribution in [0.1, 0.15) is 31.9 Å². The third-order valence-electron chi connectivity index (χ3n) is 2.08. The number of nitrogens with zero attached hydrogens (tertiary/aromatic N) is 1. The van der Waals surface area contributed by atoms with Crippen LogP contribution in [0.3, 0.4) is 0 Å². The second kappa shape index (κ2) is 4.01. The van der Waals surface area contributed by atoms with E-state index in [1.165, 1.54) is 5.56 Å². The zero-order valence-electron chi connectivity index (χ0n) is 8.58. The maximum absolute atomic E-state index is 8.47. The van der Waals surface area contributed by atoms with E-state index in [0.29, 0.717) is 0 Å². The van der Waals surface area contributed by atoms with E-state index in [9.17, 15) is 0 Å². The van der Waals surface area contributed by atoms with E-state index < -0.39 is 0 Å². The molecule has 0 saturated heterocycles. The molecule has 0 heterocycles. The van der Waals surface area contributed by atoms with Gasteiger partial charge >= 0.3 is 0 Å². The van der Waals surface area contributed by atoms with Crippen LogP contribution in [0, 0.1) is 0 Å². The Morgan fingerprint density at radius 2 is 1.71 bits per heavy atom. The molecule has 2 nitrogen and oxygen atoms in total. The lowest BCUT2D eigenvalue weighted by Gasteiger charge is -2.18. The van der Waals surface area contributed by atoms with Crippen LogP contribution >= 0.6 is 11.6 Å². The van der Waals surface area contributed by atoms with E-state index in [-0.39, 0.29) is 10.6 Å². The number of rotatable bonds is 1. The maximum atomic E-state index is 8.47. The minimum atomic E-state index is 0.116. The van der Waals surface area contributed by atoms with Gasteiger partial charge in [-0.1, -0.05) is 61.8 Å². The Bertz CT molecular complexity index is 335. The van der Waals surface area contributed by atoms with Crippen LogP contribution in [0.25, 0.3) is 0 Å². The minimum Gasteiger partial charge on any atom is -0.410 e. The van der Waals surface area contributed by atoms with E-state index in [1.54, 1.807) is 0 Å². The molecule has 0 aliphatic carbocycles. The molecule has 0 amide bonds. The van der Waals surface area contributed by atoms with Crippen LogP contribution in [0.4, 0.5) is 0 Å². The van der Waals surface area contributed by atoms with Gasteiger partial charge in [0.05, 0.1) is 0 Å². The molecular formula is C11H14ClNO. The maximum Gasteiger partial charge on any atom is 0.175 e. The van der Waals surface area contributed by atoms with Crippen LogP contribution in [0.5, 0.6) is 0 Å². The van der Waals surface area contributed by atoms with Gasteiger partial charge in [-0.25, -0.2) is 0 Å². The van der Waals surface area contributed by atoms with Crippen molar-refractivity contribution in [3.63, 3.8) is 0 Å². The van der Waals surface area contributed by atoms with Gasteiger partial charge in [-0.3, -0.25) is 0 Å². The number of benzene rings is 1. The molecule has 0 fully saturated rings. The van der Waals surface area contributed by atoms with Crippen molar-refractivity contribution in [2.24, 2.45) is 5.16 Å². The minimum absolute atomic E-state index is 0.116. The highest BCUT2D eigenvalue weighted by Crippen LogP contribution is 2.22. The quantitative estimate of drug-likeness (QED) is 0.431. The summed E-state index contributed by atoms with van der Waals surface area (Å²) < 4.78 is 0. The molecule has 0 bridgehead atoms. The molecule has 1 aromatic carbocycles. The molecule has 0 atom stereocenters. The smallest absolute Gasteiger partial charge is 0.175 e. The largest absolute Gasteiger partial charge is 0.410 e.